The summed E-state index contributed by atoms with van der Waals surface area (Å²) in [6.45, 7) is -0.243. The molecule has 0 aliphatic carbocycles. The number of alkyl halides is 2. The normalized spacial score (nSPS) is 20.9. The molecule has 1 fully saturated rings. The van der Waals surface area contributed by atoms with Crippen LogP contribution in [0.3, 0.4) is 0 Å². The van der Waals surface area contributed by atoms with Crippen molar-refractivity contribution in [1.29, 1.82) is 0 Å². The summed E-state index contributed by atoms with van der Waals surface area (Å²) < 4.78 is 32.7. The number of halogens is 2. The highest BCUT2D eigenvalue weighted by molar-refractivity contribution is 6.02. The van der Waals surface area contributed by atoms with Gasteiger partial charge in [0, 0.05) is 24.0 Å². The largest absolute Gasteiger partial charge is 0.479 e. The van der Waals surface area contributed by atoms with Gasteiger partial charge < -0.3 is 14.9 Å². The van der Waals surface area contributed by atoms with Crippen molar-refractivity contribution in [3.05, 3.63) is 40.4 Å². The molecule has 156 valence electrons. The van der Waals surface area contributed by atoms with E-state index in [4.69, 9.17) is 9.84 Å². The lowest BCUT2D eigenvalue weighted by atomic mass is 9.95. The standard InChI is InChI=1S/C17H18F2N4O6/c1-9-7-11(20-23(9)10-3-4-12(24)22(8-10)16(18)19)21-5-6-29-17(2,15(21)28)13(25)14(26)27/h3-4,7-8,13,16,25H,5-6H2,1-2H3,(H,26,27)/t13-,17?/m0/s1. The lowest BCUT2D eigenvalue weighted by Crippen LogP contribution is -2.63. The smallest absolute Gasteiger partial charge is 0.336 e. The average molecular weight is 412 g/mol. The quantitative estimate of drug-likeness (QED) is 0.723. The second-order valence-electron chi connectivity index (χ2n) is 6.62. The van der Waals surface area contributed by atoms with Crippen molar-refractivity contribution in [3.8, 4) is 5.69 Å². The number of aliphatic hydroxyl groups is 1. The molecule has 1 aliphatic rings. The van der Waals surface area contributed by atoms with E-state index in [1.807, 2.05) is 0 Å². The highest BCUT2D eigenvalue weighted by Crippen LogP contribution is 2.28. The molecule has 1 unspecified atom stereocenters. The zero-order valence-corrected chi connectivity index (χ0v) is 15.5. The number of aliphatic hydroxyl groups excluding tert-OH is 1. The number of carboxylic acids is 1. The molecule has 0 radical (unpaired) electrons. The SMILES string of the molecule is Cc1cc(N2CCOC(C)([C@@H](O)C(=O)O)C2=O)nn1-c1ccc(=O)n(C(F)F)c1. The van der Waals surface area contributed by atoms with Crippen LogP contribution in [0.2, 0.25) is 0 Å². The van der Waals surface area contributed by atoms with Gasteiger partial charge in [-0.1, -0.05) is 0 Å². The van der Waals surface area contributed by atoms with Crippen molar-refractivity contribution < 1.29 is 33.3 Å². The van der Waals surface area contributed by atoms with Crippen molar-refractivity contribution in [3.63, 3.8) is 0 Å². The molecule has 1 amide bonds. The van der Waals surface area contributed by atoms with Crippen LogP contribution in [0, 0.1) is 6.92 Å². The molecule has 0 saturated carbocycles. The van der Waals surface area contributed by atoms with E-state index >= 15 is 0 Å². The first kappa shape index (κ1) is 20.6. The number of amides is 1. The fourth-order valence-electron chi connectivity index (χ4n) is 3.05. The van der Waals surface area contributed by atoms with Gasteiger partial charge in [0.2, 0.25) is 0 Å². The van der Waals surface area contributed by atoms with Gasteiger partial charge in [0.25, 0.3) is 11.5 Å². The van der Waals surface area contributed by atoms with E-state index in [9.17, 15) is 28.3 Å². The monoisotopic (exact) mass is 412 g/mol. The molecule has 2 aromatic heterocycles. The summed E-state index contributed by atoms with van der Waals surface area (Å²) in [5, 5.41) is 23.2. The predicted octanol–water partition coefficient (Wildman–Crippen LogP) is 0.305. The van der Waals surface area contributed by atoms with E-state index in [2.05, 4.69) is 5.10 Å². The Hall–Kier alpha value is -3.12. The number of carboxylic acid groups (broad SMARTS) is 1. The van der Waals surface area contributed by atoms with Crippen molar-refractivity contribution in [2.75, 3.05) is 18.1 Å². The van der Waals surface area contributed by atoms with E-state index in [1.165, 1.54) is 23.7 Å². The zero-order chi connectivity index (χ0) is 21.5. The van der Waals surface area contributed by atoms with Crippen LogP contribution < -0.4 is 10.5 Å². The number of carbonyl (C=O) groups is 2. The number of pyridine rings is 1. The van der Waals surface area contributed by atoms with Crippen LogP contribution in [0.5, 0.6) is 0 Å². The minimum atomic E-state index is -3.03. The van der Waals surface area contributed by atoms with Crippen molar-refractivity contribution >= 4 is 17.7 Å². The summed E-state index contributed by atoms with van der Waals surface area (Å²) in [4.78, 5) is 36.6. The average Bonchev–Trinajstić information content (AvgIpc) is 3.05. The van der Waals surface area contributed by atoms with Crippen LogP contribution in [-0.2, 0) is 14.3 Å². The Kier molecular flexibility index (Phi) is 5.24. The van der Waals surface area contributed by atoms with E-state index in [1.54, 1.807) is 6.92 Å². The second-order valence-corrected chi connectivity index (χ2v) is 6.62. The van der Waals surface area contributed by atoms with Gasteiger partial charge in [-0.2, -0.15) is 8.78 Å². The highest BCUT2D eigenvalue weighted by atomic mass is 19.3. The number of aromatic nitrogens is 3. The molecule has 2 atom stereocenters. The molecule has 10 nitrogen and oxygen atoms in total. The minimum absolute atomic E-state index is 0.0469. The Balaban J connectivity index is 1.98. The van der Waals surface area contributed by atoms with E-state index in [0.29, 0.717) is 5.69 Å². The number of aryl methyl sites for hydroxylation is 1. The number of aliphatic carboxylic acids is 1. The topological polar surface area (TPSA) is 127 Å². The van der Waals surface area contributed by atoms with Gasteiger partial charge in [0.15, 0.2) is 17.5 Å². The Morgan fingerprint density at radius 1 is 1.34 bits per heavy atom. The summed E-state index contributed by atoms with van der Waals surface area (Å²) >= 11 is 0. The molecule has 12 heteroatoms. The fraction of sp³-hybridized carbons (Fsp3) is 0.412. The Labute approximate surface area is 162 Å². The number of nitrogens with zero attached hydrogens (tertiary/aromatic N) is 4. The first-order valence-electron chi connectivity index (χ1n) is 8.50. The van der Waals surface area contributed by atoms with Crippen molar-refractivity contribution in [2.24, 2.45) is 0 Å². The second kappa shape index (κ2) is 7.37. The number of rotatable bonds is 5. The molecule has 1 saturated heterocycles. The predicted molar refractivity (Wildman–Crippen MR) is 94.2 cm³/mol. The molecular weight excluding hydrogens is 394 g/mol. The van der Waals surface area contributed by atoms with Crippen LogP contribution in [0.1, 0.15) is 19.2 Å². The van der Waals surface area contributed by atoms with Crippen LogP contribution in [0.4, 0.5) is 14.6 Å². The maximum atomic E-state index is 13.0. The number of hydrogen-bond acceptors (Lipinski definition) is 6. The third-order valence-electron chi connectivity index (χ3n) is 4.67. The van der Waals surface area contributed by atoms with Gasteiger partial charge >= 0.3 is 12.5 Å². The number of morpholine rings is 1. The van der Waals surface area contributed by atoms with E-state index in [0.717, 1.165) is 17.2 Å². The van der Waals surface area contributed by atoms with Crippen LogP contribution in [0.15, 0.2) is 29.2 Å². The third-order valence-corrected chi connectivity index (χ3v) is 4.67. The highest BCUT2D eigenvalue weighted by Gasteiger charge is 2.51. The van der Waals surface area contributed by atoms with E-state index in [-0.39, 0.29) is 29.2 Å². The Bertz CT molecular complexity index is 1020. The molecule has 2 aromatic rings. The fourth-order valence-corrected chi connectivity index (χ4v) is 3.05. The molecule has 2 N–H and O–H groups in total. The lowest BCUT2D eigenvalue weighted by molar-refractivity contribution is -0.181. The van der Waals surface area contributed by atoms with Gasteiger partial charge in [-0.15, -0.1) is 5.10 Å². The molecular formula is C17H18F2N4O6. The van der Waals surface area contributed by atoms with Gasteiger partial charge in [-0.05, 0) is 19.9 Å². The summed E-state index contributed by atoms with van der Waals surface area (Å²) in [6.07, 6.45) is -1.15. The molecule has 3 rings (SSSR count). The molecule has 29 heavy (non-hydrogen) atoms. The summed E-state index contributed by atoms with van der Waals surface area (Å²) in [6, 6.07) is 3.78. The van der Waals surface area contributed by atoms with Crippen LogP contribution in [0.25, 0.3) is 5.69 Å². The van der Waals surface area contributed by atoms with Gasteiger partial charge in [-0.3, -0.25) is 19.1 Å². The number of hydrogen-bond donors (Lipinski definition) is 2. The van der Waals surface area contributed by atoms with Crippen molar-refractivity contribution in [1.82, 2.24) is 14.3 Å². The van der Waals surface area contributed by atoms with Crippen LogP contribution in [-0.4, -0.2) is 61.3 Å². The number of anilines is 1. The minimum Gasteiger partial charge on any atom is -0.479 e. The van der Waals surface area contributed by atoms with E-state index < -0.39 is 35.7 Å². The Morgan fingerprint density at radius 3 is 2.66 bits per heavy atom. The maximum absolute atomic E-state index is 13.0. The Morgan fingerprint density at radius 2 is 2.03 bits per heavy atom. The molecule has 0 spiro atoms. The number of carbonyl (C=O) groups excluding carboxylic acids is 1. The van der Waals surface area contributed by atoms with Crippen molar-refractivity contribution in [2.45, 2.75) is 32.1 Å². The zero-order valence-electron chi connectivity index (χ0n) is 15.5. The summed E-state index contributed by atoms with van der Waals surface area (Å²) in [5.74, 6) is -2.30. The van der Waals surface area contributed by atoms with Gasteiger partial charge in [0.1, 0.15) is 0 Å². The van der Waals surface area contributed by atoms with Gasteiger partial charge in [0.05, 0.1) is 18.8 Å². The molecule has 0 bridgehead atoms. The first-order valence-corrected chi connectivity index (χ1v) is 8.50. The van der Waals surface area contributed by atoms with Crippen LogP contribution >= 0.6 is 0 Å². The summed E-state index contributed by atoms with van der Waals surface area (Å²) in [7, 11) is 0. The number of ether oxygens (including phenoxy) is 1. The summed E-state index contributed by atoms with van der Waals surface area (Å²) in [5.41, 5.74) is -2.25. The third kappa shape index (κ3) is 3.51. The molecule has 0 aromatic carbocycles. The molecule has 3 heterocycles. The van der Waals surface area contributed by atoms with Gasteiger partial charge in [-0.25, -0.2) is 9.48 Å². The first-order chi connectivity index (χ1) is 13.6. The molecule has 1 aliphatic heterocycles. The maximum Gasteiger partial charge on any atom is 0.336 e. The lowest BCUT2D eigenvalue weighted by Gasteiger charge is -2.39.